The van der Waals surface area contributed by atoms with Gasteiger partial charge in [0.15, 0.2) is 0 Å². The van der Waals surface area contributed by atoms with E-state index in [4.69, 9.17) is 10.5 Å². The highest BCUT2D eigenvalue weighted by Gasteiger charge is 2.27. The van der Waals surface area contributed by atoms with Gasteiger partial charge in [-0.25, -0.2) is 4.79 Å². The van der Waals surface area contributed by atoms with Gasteiger partial charge in [-0.15, -0.1) is 0 Å². The number of benzene rings is 1. The topological polar surface area (TPSA) is 67.6 Å². The summed E-state index contributed by atoms with van der Waals surface area (Å²) in [6.07, 6.45) is 0.413. The lowest BCUT2D eigenvalue weighted by Gasteiger charge is -2.36. The van der Waals surface area contributed by atoms with Crippen molar-refractivity contribution in [2.45, 2.75) is 51.4 Å². The molecule has 0 bridgehead atoms. The SMILES string of the molecule is CC(C)(C)OC(=O)NC1CC(N)CN(Cc2ccccc2)C1. The van der Waals surface area contributed by atoms with Crippen LogP contribution in [0.15, 0.2) is 30.3 Å². The summed E-state index contributed by atoms with van der Waals surface area (Å²) in [5, 5.41) is 2.94. The molecule has 0 radical (unpaired) electrons. The van der Waals surface area contributed by atoms with Gasteiger partial charge in [-0.2, -0.15) is 0 Å². The van der Waals surface area contributed by atoms with Crippen LogP contribution < -0.4 is 11.1 Å². The van der Waals surface area contributed by atoms with Crippen LogP contribution in [0.2, 0.25) is 0 Å². The van der Waals surface area contributed by atoms with Gasteiger partial charge in [0.25, 0.3) is 0 Å². The summed E-state index contributed by atoms with van der Waals surface area (Å²) in [6, 6.07) is 10.4. The van der Waals surface area contributed by atoms with Gasteiger partial charge >= 0.3 is 6.09 Å². The van der Waals surface area contributed by atoms with Crippen LogP contribution in [0.25, 0.3) is 0 Å². The summed E-state index contributed by atoms with van der Waals surface area (Å²) in [4.78, 5) is 14.2. The Morgan fingerprint density at radius 1 is 1.32 bits per heavy atom. The molecule has 2 rings (SSSR count). The lowest BCUT2D eigenvalue weighted by atomic mass is 10.0. The largest absolute Gasteiger partial charge is 0.444 e. The highest BCUT2D eigenvalue weighted by Crippen LogP contribution is 2.14. The Kier molecular flexibility index (Phi) is 5.42. The lowest BCUT2D eigenvalue weighted by molar-refractivity contribution is 0.0464. The van der Waals surface area contributed by atoms with Gasteiger partial charge in [-0.05, 0) is 32.8 Å². The number of likely N-dealkylation sites (tertiary alicyclic amines) is 1. The molecule has 2 atom stereocenters. The maximum atomic E-state index is 11.9. The molecule has 2 unspecified atom stereocenters. The van der Waals surface area contributed by atoms with Crippen molar-refractivity contribution in [2.24, 2.45) is 5.73 Å². The predicted octanol–water partition coefficient (Wildman–Crippen LogP) is 2.11. The van der Waals surface area contributed by atoms with Crippen LogP contribution in [-0.2, 0) is 11.3 Å². The molecule has 0 aliphatic carbocycles. The van der Waals surface area contributed by atoms with Crippen molar-refractivity contribution < 1.29 is 9.53 Å². The summed E-state index contributed by atoms with van der Waals surface area (Å²) >= 11 is 0. The minimum absolute atomic E-state index is 0.0299. The van der Waals surface area contributed by atoms with Gasteiger partial charge < -0.3 is 15.8 Å². The van der Waals surface area contributed by atoms with E-state index < -0.39 is 5.60 Å². The maximum Gasteiger partial charge on any atom is 0.407 e. The van der Waals surface area contributed by atoms with Gasteiger partial charge in [0.05, 0.1) is 0 Å². The fourth-order valence-electron chi connectivity index (χ4n) is 2.78. The molecule has 1 aromatic rings. The molecule has 5 heteroatoms. The minimum atomic E-state index is -0.482. The van der Waals surface area contributed by atoms with E-state index in [1.807, 2.05) is 39.0 Å². The molecule has 122 valence electrons. The van der Waals surface area contributed by atoms with Gasteiger partial charge in [0, 0.05) is 31.7 Å². The number of nitrogens with one attached hydrogen (secondary N) is 1. The zero-order chi connectivity index (χ0) is 16.2. The van der Waals surface area contributed by atoms with Gasteiger partial charge in [-0.1, -0.05) is 30.3 Å². The molecule has 3 N–H and O–H groups in total. The molecule has 1 amide bonds. The van der Waals surface area contributed by atoms with Crippen molar-refractivity contribution in [1.29, 1.82) is 0 Å². The minimum Gasteiger partial charge on any atom is -0.444 e. The van der Waals surface area contributed by atoms with Crippen LogP contribution in [0, 0.1) is 0 Å². The molecule has 22 heavy (non-hydrogen) atoms. The Hall–Kier alpha value is -1.59. The Morgan fingerprint density at radius 2 is 2.00 bits per heavy atom. The van der Waals surface area contributed by atoms with Crippen LogP contribution in [0.3, 0.4) is 0 Å². The average Bonchev–Trinajstić information content (AvgIpc) is 2.36. The summed E-state index contributed by atoms with van der Waals surface area (Å²) in [6.45, 7) is 8.08. The number of amides is 1. The van der Waals surface area contributed by atoms with Gasteiger partial charge in [0.2, 0.25) is 0 Å². The predicted molar refractivity (Wildman–Crippen MR) is 87.5 cm³/mol. The van der Waals surface area contributed by atoms with Crippen LogP contribution >= 0.6 is 0 Å². The highest BCUT2D eigenvalue weighted by atomic mass is 16.6. The van der Waals surface area contributed by atoms with E-state index in [1.165, 1.54) is 5.56 Å². The molecular formula is C17H27N3O2. The standard InChI is InChI=1S/C17H27N3O2/c1-17(2,3)22-16(21)19-15-9-14(18)11-20(12-15)10-13-7-5-4-6-8-13/h4-8,14-15H,9-12,18H2,1-3H3,(H,19,21). The number of alkyl carbamates (subject to hydrolysis) is 1. The van der Waals surface area contributed by atoms with Crippen molar-refractivity contribution in [3.8, 4) is 0 Å². The number of hydrogen-bond donors (Lipinski definition) is 2. The number of hydrogen-bond acceptors (Lipinski definition) is 4. The van der Waals surface area contributed by atoms with Gasteiger partial charge in [-0.3, -0.25) is 4.90 Å². The number of nitrogens with zero attached hydrogens (tertiary/aromatic N) is 1. The first-order valence-corrected chi connectivity index (χ1v) is 7.83. The molecule has 1 aromatic carbocycles. The second kappa shape index (κ2) is 7.11. The second-order valence-electron chi connectivity index (χ2n) is 7.02. The number of ether oxygens (including phenoxy) is 1. The monoisotopic (exact) mass is 305 g/mol. The second-order valence-corrected chi connectivity index (χ2v) is 7.02. The Bertz CT molecular complexity index is 484. The van der Waals surface area contributed by atoms with Crippen LogP contribution in [0.1, 0.15) is 32.8 Å². The first-order valence-electron chi connectivity index (χ1n) is 7.83. The molecule has 1 aliphatic heterocycles. The molecule has 0 aromatic heterocycles. The van der Waals surface area contributed by atoms with Crippen LogP contribution in [-0.4, -0.2) is 41.8 Å². The molecule has 1 saturated heterocycles. The molecule has 1 aliphatic rings. The molecule has 1 fully saturated rings. The third-order valence-electron chi connectivity index (χ3n) is 3.53. The van der Waals surface area contributed by atoms with E-state index in [0.29, 0.717) is 0 Å². The molecule has 0 spiro atoms. The van der Waals surface area contributed by atoms with Crippen molar-refractivity contribution in [1.82, 2.24) is 10.2 Å². The summed E-state index contributed by atoms with van der Waals surface area (Å²) in [5.74, 6) is 0. The number of nitrogens with two attached hydrogens (primary N) is 1. The Morgan fingerprint density at radius 3 is 2.64 bits per heavy atom. The van der Waals surface area contributed by atoms with E-state index in [2.05, 4.69) is 22.3 Å². The van der Waals surface area contributed by atoms with E-state index in [-0.39, 0.29) is 18.2 Å². The van der Waals surface area contributed by atoms with Gasteiger partial charge in [0.1, 0.15) is 5.60 Å². The Balaban J connectivity index is 1.89. The summed E-state index contributed by atoms with van der Waals surface area (Å²) in [5.41, 5.74) is 6.91. The number of carbonyl (C=O) groups excluding carboxylic acids is 1. The average molecular weight is 305 g/mol. The van der Waals surface area contributed by atoms with E-state index >= 15 is 0 Å². The first-order chi connectivity index (χ1) is 10.3. The van der Waals surface area contributed by atoms with Crippen LogP contribution in [0.4, 0.5) is 4.79 Å². The zero-order valence-corrected chi connectivity index (χ0v) is 13.7. The van der Waals surface area contributed by atoms with E-state index in [9.17, 15) is 4.79 Å². The smallest absolute Gasteiger partial charge is 0.407 e. The summed E-state index contributed by atoms with van der Waals surface area (Å²) in [7, 11) is 0. The zero-order valence-electron chi connectivity index (χ0n) is 13.7. The third kappa shape index (κ3) is 5.66. The fraction of sp³-hybridized carbons (Fsp3) is 0.588. The number of carbonyl (C=O) groups is 1. The number of rotatable bonds is 3. The number of piperidine rings is 1. The maximum absolute atomic E-state index is 11.9. The fourth-order valence-corrected chi connectivity index (χ4v) is 2.78. The van der Waals surface area contributed by atoms with Crippen molar-refractivity contribution >= 4 is 6.09 Å². The normalized spacial score (nSPS) is 23.1. The van der Waals surface area contributed by atoms with Crippen molar-refractivity contribution in [3.05, 3.63) is 35.9 Å². The van der Waals surface area contributed by atoms with Crippen LogP contribution in [0.5, 0.6) is 0 Å². The molecule has 0 saturated carbocycles. The summed E-state index contributed by atoms with van der Waals surface area (Å²) < 4.78 is 5.32. The van der Waals surface area contributed by atoms with Crippen molar-refractivity contribution in [3.63, 3.8) is 0 Å². The lowest BCUT2D eigenvalue weighted by Crippen LogP contribution is -2.55. The first kappa shape index (κ1) is 16.8. The molecule has 5 nitrogen and oxygen atoms in total. The third-order valence-corrected chi connectivity index (χ3v) is 3.53. The van der Waals surface area contributed by atoms with E-state index in [1.54, 1.807) is 0 Å². The quantitative estimate of drug-likeness (QED) is 0.897. The molecular weight excluding hydrogens is 278 g/mol. The Labute approximate surface area is 132 Å². The van der Waals surface area contributed by atoms with E-state index in [0.717, 1.165) is 26.1 Å². The molecule has 1 heterocycles. The van der Waals surface area contributed by atoms with Crippen molar-refractivity contribution in [2.75, 3.05) is 13.1 Å². The highest BCUT2D eigenvalue weighted by molar-refractivity contribution is 5.68.